The van der Waals surface area contributed by atoms with E-state index in [2.05, 4.69) is 27.2 Å². The molecule has 0 amide bonds. The van der Waals surface area contributed by atoms with Crippen molar-refractivity contribution in [2.45, 2.75) is 33.2 Å². The van der Waals surface area contributed by atoms with E-state index >= 15 is 0 Å². The van der Waals surface area contributed by atoms with Crippen LogP contribution in [0.5, 0.6) is 0 Å². The average Bonchev–Trinajstić information content (AvgIpc) is 2.89. The minimum atomic E-state index is -3.42. The molecule has 2 rings (SSSR count). The Morgan fingerprint density at radius 2 is 2.33 bits per heavy atom. The molecule has 1 saturated heterocycles. The van der Waals surface area contributed by atoms with Gasteiger partial charge in [-0.25, -0.2) is 0 Å². The smallest absolute Gasteiger partial charge is 0.279 e. The molecule has 0 radical (unpaired) electrons. The number of piperidine rings is 1. The standard InChI is InChI=1S/C13H25N5O2S/c1-3-14-7-12-5-4-6-18(10-12)21(19,20)16-9-13-8-15-17-11(13)2/h8,12,14,16H,3-7,9-10H2,1-2H3,(H,15,17). The van der Waals surface area contributed by atoms with E-state index in [9.17, 15) is 8.42 Å². The molecule has 120 valence electrons. The van der Waals surface area contributed by atoms with Crippen LogP contribution in [0.1, 0.15) is 31.0 Å². The van der Waals surface area contributed by atoms with Gasteiger partial charge in [0, 0.05) is 30.9 Å². The molecule has 1 unspecified atom stereocenters. The molecule has 0 aliphatic carbocycles. The highest BCUT2D eigenvalue weighted by atomic mass is 32.2. The molecule has 1 atom stereocenters. The number of aromatic nitrogens is 2. The van der Waals surface area contributed by atoms with Crippen molar-refractivity contribution >= 4 is 10.2 Å². The first kappa shape index (κ1) is 16.4. The molecule has 0 saturated carbocycles. The Balaban J connectivity index is 1.90. The van der Waals surface area contributed by atoms with Crippen molar-refractivity contribution in [3.8, 4) is 0 Å². The van der Waals surface area contributed by atoms with Crippen molar-refractivity contribution in [2.75, 3.05) is 26.2 Å². The minimum absolute atomic E-state index is 0.277. The highest BCUT2D eigenvalue weighted by molar-refractivity contribution is 7.87. The van der Waals surface area contributed by atoms with Gasteiger partial charge in [-0.1, -0.05) is 6.92 Å². The lowest BCUT2D eigenvalue weighted by atomic mass is 10.00. The van der Waals surface area contributed by atoms with Gasteiger partial charge in [-0.15, -0.1) is 0 Å². The van der Waals surface area contributed by atoms with Gasteiger partial charge in [0.05, 0.1) is 6.20 Å². The molecule has 0 spiro atoms. The molecule has 8 heteroatoms. The van der Waals surface area contributed by atoms with Crippen molar-refractivity contribution in [2.24, 2.45) is 5.92 Å². The fourth-order valence-electron chi connectivity index (χ4n) is 2.57. The molecular weight excluding hydrogens is 290 g/mol. The van der Waals surface area contributed by atoms with Crippen LogP contribution in [-0.2, 0) is 16.8 Å². The first-order chi connectivity index (χ1) is 10.0. The van der Waals surface area contributed by atoms with Gasteiger partial charge in [-0.05, 0) is 38.8 Å². The molecule has 0 bridgehead atoms. The molecule has 1 aliphatic heterocycles. The molecule has 1 aromatic rings. The van der Waals surface area contributed by atoms with Gasteiger partial charge in [-0.2, -0.15) is 22.5 Å². The van der Waals surface area contributed by atoms with Crippen LogP contribution in [0.15, 0.2) is 6.20 Å². The summed E-state index contributed by atoms with van der Waals surface area (Å²) in [4.78, 5) is 0. The predicted octanol–water partition coefficient (Wildman–Crippen LogP) is 0.374. The third-order valence-corrected chi connectivity index (χ3v) is 5.40. The van der Waals surface area contributed by atoms with E-state index < -0.39 is 10.2 Å². The monoisotopic (exact) mass is 315 g/mol. The maximum absolute atomic E-state index is 12.4. The quantitative estimate of drug-likeness (QED) is 0.678. The normalized spacial score (nSPS) is 20.8. The van der Waals surface area contributed by atoms with Crippen LogP contribution in [0.4, 0.5) is 0 Å². The first-order valence-electron chi connectivity index (χ1n) is 7.47. The number of aromatic amines is 1. The fourth-order valence-corrected chi connectivity index (χ4v) is 3.87. The predicted molar refractivity (Wildman–Crippen MR) is 81.9 cm³/mol. The van der Waals surface area contributed by atoms with Crippen LogP contribution in [0.25, 0.3) is 0 Å². The summed E-state index contributed by atoms with van der Waals surface area (Å²) in [7, 11) is -3.42. The van der Waals surface area contributed by atoms with Gasteiger partial charge in [0.2, 0.25) is 0 Å². The van der Waals surface area contributed by atoms with E-state index in [1.165, 1.54) is 0 Å². The largest absolute Gasteiger partial charge is 0.317 e. The molecule has 21 heavy (non-hydrogen) atoms. The van der Waals surface area contributed by atoms with E-state index in [0.717, 1.165) is 37.2 Å². The Labute approximate surface area is 126 Å². The molecule has 0 aromatic carbocycles. The maximum atomic E-state index is 12.4. The molecular formula is C13H25N5O2S. The van der Waals surface area contributed by atoms with Gasteiger partial charge in [0.25, 0.3) is 10.2 Å². The van der Waals surface area contributed by atoms with E-state index in [1.54, 1.807) is 10.5 Å². The summed E-state index contributed by atoms with van der Waals surface area (Å²) in [6.45, 7) is 7.20. The second-order valence-corrected chi connectivity index (χ2v) is 7.28. The summed E-state index contributed by atoms with van der Waals surface area (Å²) in [6.07, 6.45) is 3.66. The summed E-state index contributed by atoms with van der Waals surface area (Å²) >= 11 is 0. The summed E-state index contributed by atoms with van der Waals surface area (Å²) in [5.74, 6) is 0.394. The van der Waals surface area contributed by atoms with Crippen LogP contribution in [0, 0.1) is 12.8 Å². The van der Waals surface area contributed by atoms with Crippen LogP contribution in [0.2, 0.25) is 0 Å². The Kier molecular flexibility index (Phi) is 5.74. The SMILES string of the molecule is CCNCC1CCCN(S(=O)(=O)NCc2cn[nH]c2C)C1. The number of hydrogen-bond donors (Lipinski definition) is 3. The summed E-state index contributed by atoms with van der Waals surface area (Å²) in [5.41, 5.74) is 1.76. The van der Waals surface area contributed by atoms with Gasteiger partial charge < -0.3 is 5.32 Å². The summed E-state index contributed by atoms with van der Waals surface area (Å²) < 4.78 is 29.0. The minimum Gasteiger partial charge on any atom is -0.317 e. The van der Waals surface area contributed by atoms with Crippen molar-refractivity contribution in [3.63, 3.8) is 0 Å². The fraction of sp³-hybridized carbons (Fsp3) is 0.769. The molecule has 1 aliphatic rings. The Hall–Kier alpha value is -0.960. The molecule has 2 heterocycles. The lowest BCUT2D eigenvalue weighted by Crippen LogP contribution is -2.47. The maximum Gasteiger partial charge on any atom is 0.279 e. The van der Waals surface area contributed by atoms with E-state index in [1.807, 2.05) is 6.92 Å². The van der Waals surface area contributed by atoms with Crippen LogP contribution < -0.4 is 10.0 Å². The number of aryl methyl sites for hydroxylation is 1. The molecule has 3 N–H and O–H groups in total. The lowest BCUT2D eigenvalue weighted by Gasteiger charge is -2.32. The zero-order valence-corrected chi connectivity index (χ0v) is 13.5. The Bertz CT molecular complexity index is 543. The summed E-state index contributed by atoms with van der Waals surface area (Å²) in [6, 6.07) is 0. The Morgan fingerprint density at radius 1 is 1.52 bits per heavy atom. The van der Waals surface area contributed by atoms with Crippen molar-refractivity contribution < 1.29 is 8.42 Å². The van der Waals surface area contributed by atoms with E-state index in [0.29, 0.717) is 19.0 Å². The number of nitrogens with zero attached hydrogens (tertiary/aromatic N) is 2. The number of hydrogen-bond acceptors (Lipinski definition) is 4. The van der Waals surface area contributed by atoms with Crippen LogP contribution in [0.3, 0.4) is 0 Å². The number of H-pyrrole nitrogens is 1. The van der Waals surface area contributed by atoms with Crippen molar-refractivity contribution in [1.29, 1.82) is 0 Å². The lowest BCUT2D eigenvalue weighted by molar-refractivity contribution is 0.258. The second kappa shape index (κ2) is 7.35. The number of rotatable bonds is 7. The molecule has 1 fully saturated rings. The topological polar surface area (TPSA) is 90.1 Å². The first-order valence-corrected chi connectivity index (χ1v) is 8.91. The van der Waals surface area contributed by atoms with Crippen molar-refractivity contribution in [1.82, 2.24) is 24.5 Å². The van der Waals surface area contributed by atoms with Gasteiger partial charge in [0.1, 0.15) is 0 Å². The van der Waals surface area contributed by atoms with Gasteiger partial charge in [-0.3, -0.25) is 5.10 Å². The molecule has 1 aromatic heterocycles. The zero-order chi connectivity index (χ0) is 15.3. The molecule has 7 nitrogen and oxygen atoms in total. The van der Waals surface area contributed by atoms with E-state index in [-0.39, 0.29) is 6.54 Å². The summed E-state index contributed by atoms with van der Waals surface area (Å²) in [5, 5.41) is 10.0. The second-order valence-electron chi connectivity index (χ2n) is 5.52. The highest BCUT2D eigenvalue weighted by Gasteiger charge is 2.28. The van der Waals surface area contributed by atoms with Crippen molar-refractivity contribution in [3.05, 3.63) is 17.5 Å². The van der Waals surface area contributed by atoms with E-state index in [4.69, 9.17) is 0 Å². The van der Waals surface area contributed by atoms with Crippen LogP contribution in [-0.4, -0.2) is 49.1 Å². The van der Waals surface area contributed by atoms with Gasteiger partial charge >= 0.3 is 0 Å². The van der Waals surface area contributed by atoms with Gasteiger partial charge in [0.15, 0.2) is 0 Å². The Morgan fingerprint density at radius 3 is 3.00 bits per heavy atom. The average molecular weight is 315 g/mol. The van der Waals surface area contributed by atoms with Crippen LogP contribution >= 0.6 is 0 Å². The highest BCUT2D eigenvalue weighted by Crippen LogP contribution is 2.18. The third kappa shape index (κ3) is 4.50. The third-order valence-electron chi connectivity index (χ3n) is 3.88. The zero-order valence-electron chi connectivity index (χ0n) is 12.7. The number of nitrogens with one attached hydrogen (secondary N) is 3.